The number of hydrogen-bond acceptors (Lipinski definition) is 3. The standard InChI is InChI=1S/C27H28Cl2N2O3S/c1-20-7-10-24(11-8-20)35(33,34)31(23-9-12-25(28)26(29)18-23)19-27(32)30-15-13-22(14-16-30)17-21-5-3-2-4-6-21/h2-12,18,22H,13-17,19H2,1H3. The first-order valence-electron chi connectivity index (χ1n) is 11.6. The Morgan fingerprint density at radius 1 is 0.943 bits per heavy atom. The van der Waals surface area contributed by atoms with Crippen LogP contribution in [0.2, 0.25) is 10.0 Å². The van der Waals surface area contributed by atoms with Gasteiger partial charge >= 0.3 is 0 Å². The zero-order chi connectivity index (χ0) is 25.0. The number of likely N-dealkylation sites (tertiary alicyclic amines) is 1. The zero-order valence-corrected chi connectivity index (χ0v) is 21.9. The fourth-order valence-corrected chi connectivity index (χ4v) is 6.05. The summed E-state index contributed by atoms with van der Waals surface area (Å²) >= 11 is 12.3. The van der Waals surface area contributed by atoms with E-state index in [1.807, 2.05) is 25.1 Å². The summed E-state index contributed by atoms with van der Waals surface area (Å²) in [6, 6.07) is 21.5. The Bertz CT molecular complexity index is 1270. The molecular formula is C27H28Cl2N2O3S. The molecule has 0 spiro atoms. The van der Waals surface area contributed by atoms with Crippen molar-refractivity contribution in [2.24, 2.45) is 5.92 Å². The highest BCUT2D eigenvalue weighted by molar-refractivity contribution is 7.92. The van der Waals surface area contributed by atoms with Crippen LogP contribution in [0, 0.1) is 12.8 Å². The molecule has 0 saturated carbocycles. The Labute approximate surface area is 217 Å². The van der Waals surface area contributed by atoms with Gasteiger partial charge in [0, 0.05) is 13.1 Å². The van der Waals surface area contributed by atoms with E-state index in [9.17, 15) is 13.2 Å². The van der Waals surface area contributed by atoms with Gasteiger partial charge in [-0.25, -0.2) is 8.42 Å². The van der Waals surface area contributed by atoms with Crippen LogP contribution in [0.25, 0.3) is 0 Å². The third-order valence-corrected chi connectivity index (χ3v) is 8.94. The van der Waals surface area contributed by atoms with Gasteiger partial charge in [0.25, 0.3) is 10.0 Å². The van der Waals surface area contributed by atoms with Crippen LogP contribution in [0.1, 0.15) is 24.0 Å². The number of nitrogens with zero attached hydrogens (tertiary/aromatic N) is 2. The highest BCUT2D eigenvalue weighted by atomic mass is 35.5. The summed E-state index contributed by atoms with van der Waals surface area (Å²) in [6.45, 7) is 2.79. The largest absolute Gasteiger partial charge is 0.341 e. The number of halogens is 2. The van der Waals surface area contributed by atoms with Gasteiger partial charge in [-0.05, 0) is 68.0 Å². The number of sulfonamides is 1. The Hall–Kier alpha value is -2.54. The molecule has 184 valence electrons. The van der Waals surface area contributed by atoms with Crippen LogP contribution in [0.15, 0.2) is 77.7 Å². The van der Waals surface area contributed by atoms with Crippen molar-refractivity contribution >= 4 is 44.8 Å². The molecule has 0 aliphatic carbocycles. The number of amides is 1. The number of rotatable bonds is 7. The fourth-order valence-electron chi connectivity index (χ4n) is 4.35. The predicted octanol–water partition coefficient (Wildman–Crippen LogP) is 5.98. The smallest absolute Gasteiger partial charge is 0.264 e. The van der Waals surface area contributed by atoms with Crippen LogP contribution in [-0.4, -0.2) is 38.9 Å². The number of piperidine rings is 1. The molecule has 0 unspecified atom stereocenters. The lowest BCUT2D eigenvalue weighted by molar-refractivity contribution is -0.130. The number of anilines is 1. The van der Waals surface area contributed by atoms with E-state index in [-0.39, 0.29) is 22.4 Å². The Balaban J connectivity index is 1.51. The summed E-state index contributed by atoms with van der Waals surface area (Å²) < 4.78 is 28.3. The quantitative estimate of drug-likeness (QED) is 0.377. The molecule has 0 N–H and O–H groups in total. The molecule has 1 fully saturated rings. The van der Waals surface area contributed by atoms with E-state index in [1.54, 1.807) is 35.2 Å². The summed E-state index contributed by atoms with van der Waals surface area (Å²) in [7, 11) is -4.00. The van der Waals surface area contributed by atoms with Gasteiger partial charge in [0.2, 0.25) is 5.91 Å². The Morgan fingerprint density at radius 3 is 2.23 bits per heavy atom. The SMILES string of the molecule is Cc1ccc(S(=O)(=O)N(CC(=O)N2CCC(Cc3ccccc3)CC2)c2ccc(Cl)c(Cl)c2)cc1. The molecule has 8 heteroatoms. The van der Waals surface area contributed by atoms with Crippen molar-refractivity contribution in [2.75, 3.05) is 23.9 Å². The number of carbonyl (C=O) groups excluding carboxylic acids is 1. The summed E-state index contributed by atoms with van der Waals surface area (Å²) in [6.07, 6.45) is 2.76. The molecule has 1 heterocycles. The summed E-state index contributed by atoms with van der Waals surface area (Å²) in [5.74, 6) is 0.272. The second kappa shape index (κ2) is 11.0. The summed E-state index contributed by atoms with van der Waals surface area (Å²) in [5.41, 5.74) is 2.54. The third kappa shape index (κ3) is 6.18. The van der Waals surface area contributed by atoms with Crippen LogP contribution in [0.4, 0.5) is 5.69 Å². The molecular weight excluding hydrogens is 503 g/mol. The second-order valence-corrected chi connectivity index (χ2v) is 11.6. The van der Waals surface area contributed by atoms with Crippen molar-refractivity contribution < 1.29 is 13.2 Å². The first-order chi connectivity index (χ1) is 16.7. The normalized spacial score (nSPS) is 14.7. The molecule has 1 saturated heterocycles. The van der Waals surface area contributed by atoms with Crippen molar-refractivity contribution in [1.29, 1.82) is 0 Å². The van der Waals surface area contributed by atoms with Crippen LogP contribution in [0.3, 0.4) is 0 Å². The van der Waals surface area contributed by atoms with E-state index >= 15 is 0 Å². The minimum absolute atomic E-state index is 0.114. The molecule has 1 amide bonds. The van der Waals surface area contributed by atoms with Crippen LogP contribution < -0.4 is 4.31 Å². The lowest BCUT2D eigenvalue weighted by Gasteiger charge is -2.34. The summed E-state index contributed by atoms with van der Waals surface area (Å²) in [4.78, 5) is 15.2. The van der Waals surface area contributed by atoms with E-state index in [0.29, 0.717) is 29.7 Å². The molecule has 5 nitrogen and oxygen atoms in total. The zero-order valence-electron chi connectivity index (χ0n) is 19.5. The van der Waals surface area contributed by atoms with Gasteiger partial charge in [0.15, 0.2) is 0 Å². The number of aryl methyl sites for hydroxylation is 1. The predicted molar refractivity (Wildman–Crippen MR) is 142 cm³/mol. The maximum Gasteiger partial charge on any atom is 0.264 e. The highest BCUT2D eigenvalue weighted by Gasteiger charge is 2.31. The third-order valence-electron chi connectivity index (χ3n) is 6.41. The van der Waals surface area contributed by atoms with Crippen molar-refractivity contribution in [1.82, 2.24) is 4.90 Å². The minimum atomic E-state index is -4.00. The van der Waals surface area contributed by atoms with E-state index < -0.39 is 10.0 Å². The maximum absolute atomic E-state index is 13.6. The van der Waals surface area contributed by atoms with Gasteiger partial charge in [-0.15, -0.1) is 0 Å². The lowest BCUT2D eigenvalue weighted by Crippen LogP contribution is -2.46. The van der Waals surface area contributed by atoms with Crippen molar-refractivity contribution in [3.63, 3.8) is 0 Å². The van der Waals surface area contributed by atoms with Gasteiger partial charge in [0.05, 0.1) is 20.6 Å². The average Bonchev–Trinajstić information content (AvgIpc) is 2.85. The van der Waals surface area contributed by atoms with E-state index in [2.05, 4.69) is 12.1 Å². The fraction of sp³-hybridized carbons (Fsp3) is 0.296. The van der Waals surface area contributed by atoms with Gasteiger partial charge in [-0.1, -0.05) is 71.2 Å². The van der Waals surface area contributed by atoms with Crippen LogP contribution >= 0.6 is 23.2 Å². The topological polar surface area (TPSA) is 57.7 Å². The average molecular weight is 532 g/mol. The molecule has 4 rings (SSSR count). The van der Waals surface area contributed by atoms with Gasteiger partial charge in [0.1, 0.15) is 6.54 Å². The van der Waals surface area contributed by atoms with Crippen molar-refractivity contribution in [3.05, 3.63) is 94.0 Å². The molecule has 1 aliphatic heterocycles. The van der Waals surface area contributed by atoms with Gasteiger partial charge < -0.3 is 4.90 Å². The van der Waals surface area contributed by atoms with Crippen molar-refractivity contribution in [3.8, 4) is 0 Å². The molecule has 3 aromatic carbocycles. The number of hydrogen-bond donors (Lipinski definition) is 0. The molecule has 0 atom stereocenters. The lowest BCUT2D eigenvalue weighted by atomic mass is 9.90. The Kier molecular flexibility index (Phi) is 8.05. The van der Waals surface area contributed by atoms with Crippen LogP contribution in [-0.2, 0) is 21.2 Å². The minimum Gasteiger partial charge on any atom is -0.341 e. The van der Waals surface area contributed by atoms with Crippen molar-refractivity contribution in [2.45, 2.75) is 31.1 Å². The highest BCUT2D eigenvalue weighted by Crippen LogP contribution is 2.31. The monoisotopic (exact) mass is 530 g/mol. The first kappa shape index (κ1) is 25.5. The number of carbonyl (C=O) groups is 1. The maximum atomic E-state index is 13.6. The molecule has 3 aromatic rings. The molecule has 1 aliphatic rings. The molecule has 0 radical (unpaired) electrons. The molecule has 35 heavy (non-hydrogen) atoms. The number of benzene rings is 3. The Morgan fingerprint density at radius 2 is 1.60 bits per heavy atom. The first-order valence-corrected chi connectivity index (χ1v) is 13.8. The summed E-state index contributed by atoms with van der Waals surface area (Å²) in [5, 5.41) is 0.539. The van der Waals surface area contributed by atoms with Crippen LogP contribution in [0.5, 0.6) is 0 Å². The molecule has 0 aromatic heterocycles. The molecule has 0 bridgehead atoms. The van der Waals surface area contributed by atoms with Gasteiger partial charge in [-0.2, -0.15) is 0 Å². The van der Waals surface area contributed by atoms with E-state index in [1.165, 1.54) is 17.7 Å². The van der Waals surface area contributed by atoms with E-state index in [0.717, 1.165) is 29.1 Å². The van der Waals surface area contributed by atoms with Gasteiger partial charge in [-0.3, -0.25) is 9.10 Å². The second-order valence-electron chi connectivity index (χ2n) is 8.94. The van der Waals surface area contributed by atoms with E-state index in [4.69, 9.17) is 23.2 Å².